The Morgan fingerprint density at radius 2 is 2.13 bits per heavy atom. The summed E-state index contributed by atoms with van der Waals surface area (Å²) in [5.74, 6) is 1.38. The van der Waals surface area contributed by atoms with Crippen molar-refractivity contribution in [3.05, 3.63) is 35.5 Å². The Morgan fingerprint density at radius 3 is 2.73 bits per heavy atom. The van der Waals surface area contributed by atoms with Crippen molar-refractivity contribution in [2.45, 2.75) is 20.5 Å². The molecule has 4 heteroatoms. The van der Waals surface area contributed by atoms with Crippen molar-refractivity contribution in [3.63, 3.8) is 0 Å². The van der Waals surface area contributed by atoms with E-state index in [9.17, 15) is 0 Å². The van der Waals surface area contributed by atoms with Gasteiger partial charge in [-0.05, 0) is 26.0 Å². The molecular formula is C11H12N2O2. The van der Waals surface area contributed by atoms with Crippen molar-refractivity contribution in [2.75, 3.05) is 0 Å². The lowest BCUT2D eigenvalue weighted by atomic mass is 10.2. The van der Waals surface area contributed by atoms with Crippen molar-refractivity contribution in [1.29, 1.82) is 0 Å². The zero-order chi connectivity index (χ0) is 10.8. The first kappa shape index (κ1) is 9.86. The molecule has 0 bridgehead atoms. The highest BCUT2D eigenvalue weighted by atomic mass is 16.3. The van der Waals surface area contributed by atoms with Crippen LogP contribution in [-0.2, 0) is 6.61 Å². The molecule has 0 atom stereocenters. The van der Waals surface area contributed by atoms with Crippen LogP contribution in [-0.4, -0.2) is 15.1 Å². The van der Waals surface area contributed by atoms with E-state index in [1.54, 1.807) is 12.3 Å². The van der Waals surface area contributed by atoms with Gasteiger partial charge in [-0.1, -0.05) is 0 Å². The van der Waals surface area contributed by atoms with Crippen LogP contribution in [0.5, 0.6) is 0 Å². The summed E-state index contributed by atoms with van der Waals surface area (Å²) in [6, 6.07) is 3.59. The minimum atomic E-state index is -0.0761. The fourth-order valence-electron chi connectivity index (χ4n) is 1.45. The number of rotatable bonds is 2. The summed E-state index contributed by atoms with van der Waals surface area (Å²) in [6.45, 7) is 3.66. The van der Waals surface area contributed by atoms with Gasteiger partial charge in [-0.2, -0.15) is 0 Å². The third kappa shape index (κ3) is 1.89. The molecule has 0 saturated heterocycles. The van der Waals surface area contributed by atoms with E-state index in [0.717, 1.165) is 17.0 Å². The van der Waals surface area contributed by atoms with Gasteiger partial charge in [0.05, 0.1) is 24.1 Å². The van der Waals surface area contributed by atoms with Gasteiger partial charge in [-0.3, -0.25) is 0 Å². The van der Waals surface area contributed by atoms with Crippen LogP contribution in [0.4, 0.5) is 0 Å². The molecule has 0 aliphatic carbocycles. The molecule has 78 valence electrons. The lowest BCUT2D eigenvalue weighted by Gasteiger charge is -2.02. The average molecular weight is 204 g/mol. The van der Waals surface area contributed by atoms with Crippen LogP contribution in [0.15, 0.2) is 22.8 Å². The molecule has 0 aromatic carbocycles. The minimum absolute atomic E-state index is 0.0761. The monoisotopic (exact) mass is 204 g/mol. The lowest BCUT2D eigenvalue weighted by Crippen LogP contribution is -1.97. The van der Waals surface area contributed by atoms with Gasteiger partial charge in [0.25, 0.3) is 0 Å². The predicted molar refractivity (Wildman–Crippen MR) is 55.1 cm³/mol. The molecule has 0 saturated carbocycles. The van der Waals surface area contributed by atoms with Crippen LogP contribution in [0.1, 0.15) is 17.1 Å². The van der Waals surface area contributed by atoms with E-state index >= 15 is 0 Å². The molecule has 2 aromatic heterocycles. The van der Waals surface area contributed by atoms with Crippen molar-refractivity contribution < 1.29 is 9.52 Å². The molecule has 0 spiro atoms. The van der Waals surface area contributed by atoms with Crippen LogP contribution in [0.25, 0.3) is 11.4 Å². The van der Waals surface area contributed by atoms with E-state index in [0.29, 0.717) is 11.5 Å². The SMILES string of the molecule is Cc1cc(CO)nc(-c2ccoc2C)n1. The standard InChI is InChI=1S/C11H12N2O2/c1-7-5-9(6-14)13-11(12-7)10-3-4-15-8(10)2/h3-5,14H,6H2,1-2H3. The maximum absolute atomic E-state index is 9.04. The fraction of sp³-hybridized carbons (Fsp3) is 0.273. The van der Waals surface area contributed by atoms with Gasteiger partial charge < -0.3 is 9.52 Å². The Bertz CT molecular complexity index is 477. The Morgan fingerprint density at radius 1 is 1.33 bits per heavy atom. The summed E-state index contributed by atoms with van der Waals surface area (Å²) in [4.78, 5) is 8.54. The molecule has 2 aromatic rings. The number of aliphatic hydroxyl groups is 1. The van der Waals surface area contributed by atoms with Crippen molar-refractivity contribution >= 4 is 0 Å². The van der Waals surface area contributed by atoms with Crippen molar-refractivity contribution in [1.82, 2.24) is 9.97 Å². The molecule has 0 radical (unpaired) electrons. The number of hydrogen-bond acceptors (Lipinski definition) is 4. The van der Waals surface area contributed by atoms with Gasteiger partial charge in [0, 0.05) is 5.69 Å². The number of aromatic nitrogens is 2. The number of nitrogens with zero attached hydrogens (tertiary/aromatic N) is 2. The maximum Gasteiger partial charge on any atom is 0.163 e. The van der Waals surface area contributed by atoms with Crippen LogP contribution in [0.3, 0.4) is 0 Å². The molecule has 2 heterocycles. The molecule has 15 heavy (non-hydrogen) atoms. The lowest BCUT2D eigenvalue weighted by molar-refractivity contribution is 0.276. The van der Waals surface area contributed by atoms with Gasteiger partial charge >= 0.3 is 0 Å². The van der Waals surface area contributed by atoms with E-state index in [1.807, 2.05) is 19.9 Å². The normalized spacial score (nSPS) is 10.6. The molecule has 2 rings (SSSR count). The number of furan rings is 1. The van der Waals surface area contributed by atoms with Gasteiger partial charge in [0.2, 0.25) is 0 Å². The topological polar surface area (TPSA) is 59.2 Å². The molecule has 0 amide bonds. The van der Waals surface area contributed by atoms with Crippen LogP contribution >= 0.6 is 0 Å². The zero-order valence-corrected chi connectivity index (χ0v) is 8.69. The van der Waals surface area contributed by atoms with E-state index in [2.05, 4.69) is 9.97 Å². The highest BCUT2D eigenvalue weighted by molar-refractivity contribution is 5.57. The molecule has 1 N–H and O–H groups in total. The second-order valence-electron chi connectivity index (χ2n) is 3.37. The highest BCUT2D eigenvalue weighted by Gasteiger charge is 2.09. The third-order valence-corrected chi connectivity index (χ3v) is 2.17. The number of aryl methyl sites for hydroxylation is 2. The van der Waals surface area contributed by atoms with Gasteiger partial charge in [-0.25, -0.2) is 9.97 Å². The van der Waals surface area contributed by atoms with E-state index < -0.39 is 0 Å². The van der Waals surface area contributed by atoms with Gasteiger partial charge in [0.1, 0.15) is 5.76 Å². The third-order valence-electron chi connectivity index (χ3n) is 2.17. The Hall–Kier alpha value is -1.68. The minimum Gasteiger partial charge on any atom is -0.469 e. The molecule has 4 nitrogen and oxygen atoms in total. The second kappa shape index (κ2) is 3.82. The summed E-state index contributed by atoms with van der Waals surface area (Å²) in [5.41, 5.74) is 2.33. The molecule has 0 unspecified atom stereocenters. The highest BCUT2D eigenvalue weighted by Crippen LogP contribution is 2.21. The first-order valence-electron chi connectivity index (χ1n) is 4.70. The Labute approximate surface area is 87.6 Å². The van der Waals surface area contributed by atoms with Crippen molar-refractivity contribution in [3.8, 4) is 11.4 Å². The number of aliphatic hydroxyl groups excluding tert-OH is 1. The summed E-state index contributed by atoms with van der Waals surface area (Å²) in [5, 5.41) is 9.04. The zero-order valence-electron chi connectivity index (χ0n) is 8.69. The summed E-state index contributed by atoms with van der Waals surface area (Å²) >= 11 is 0. The summed E-state index contributed by atoms with van der Waals surface area (Å²) in [6.07, 6.45) is 1.61. The first-order chi connectivity index (χ1) is 7.20. The largest absolute Gasteiger partial charge is 0.469 e. The summed E-state index contributed by atoms with van der Waals surface area (Å²) < 4.78 is 5.19. The molecule has 0 aliphatic rings. The second-order valence-corrected chi connectivity index (χ2v) is 3.37. The van der Waals surface area contributed by atoms with Crippen molar-refractivity contribution in [2.24, 2.45) is 0 Å². The van der Waals surface area contributed by atoms with Crippen LogP contribution in [0, 0.1) is 13.8 Å². The first-order valence-corrected chi connectivity index (χ1v) is 4.70. The van der Waals surface area contributed by atoms with E-state index in [1.165, 1.54) is 0 Å². The Kier molecular flexibility index (Phi) is 2.51. The van der Waals surface area contributed by atoms with Gasteiger partial charge in [-0.15, -0.1) is 0 Å². The molecule has 0 fully saturated rings. The Balaban J connectivity index is 2.53. The van der Waals surface area contributed by atoms with Crippen LogP contribution < -0.4 is 0 Å². The smallest absolute Gasteiger partial charge is 0.163 e. The van der Waals surface area contributed by atoms with E-state index in [-0.39, 0.29) is 6.61 Å². The predicted octanol–water partition coefficient (Wildman–Crippen LogP) is 1.85. The number of hydrogen-bond donors (Lipinski definition) is 1. The summed E-state index contributed by atoms with van der Waals surface area (Å²) in [7, 11) is 0. The van der Waals surface area contributed by atoms with Gasteiger partial charge in [0.15, 0.2) is 5.82 Å². The molecular weight excluding hydrogens is 192 g/mol. The van der Waals surface area contributed by atoms with E-state index in [4.69, 9.17) is 9.52 Å². The molecule has 0 aliphatic heterocycles. The quantitative estimate of drug-likeness (QED) is 0.810. The van der Waals surface area contributed by atoms with Crippen LogP contribution in [0.2, 0.25) is 0 Å². The fourth-order valence-corrected chi connectivity index (χ4v) is 1.45. The average Bonchev–Trinajstić information content (AvgIpc) is 2.63. The maximum atomic E-state index is 9.04.